The fourth-order valence-corrected chi connectivity index (χ4v) is 2.56. The fourth-order valence-electron chi connectivity index (χ4n) is 2.56. The van der Waals surface area contributed by atoms with Crippen LogP contribution in [-0.2, 0) is 0 Å². The summed E-state index contributed by atoms with van der Waals surface area (Å²) in [6, 6.07) is 21.3. The highest BCUT2D eigenvalue weighted by atomic mass is 16.5. The Morgan fingerprint density at radius 3 is 1.89 bits per heavy atom. The molecule has 0 saturated carbocycles. The molecule has 134 valence electrons. The number of esters is 1. The molecule has 1 atom stereocenters. The van der Waals surface area contributed by atoms with Crippen LogP contribution in [0.1, 0.15) is 22.0 Å². The fraction of sp³-hybridized carbons (Fsp3) is 0.0870. The summed E-state index contributed by atoms with van der Waals surface area (Å²) in [5, 5.41) is 9.58. The molecule has 0 saturated heterocycles. The number of aliphatic hydroxyl groups excluding tert-OH is 1. The first kappa shape index (κ1) is 18.2. The van der Waals surface area contributed by atoms with Gasteiger partial charge >= 0.3 is 5.97 Å². The van der Waals surface area contributed by atoms with Crippen molar-refractivity contribution in [3.63, 3.8) is 0 Å². The molecule has 3 rings (SSSR count). The largest absolute Gasteiger partial charge is 0.497 e. The van der Waals surface area contributed by atoms with E-state index in [2.05, 4.69) is 5.92 Å². The van der Waals surface area contributed by atoms with E-state index >= 15 is 0 Å². The zero-order chi connectivity index (χ0) is 19.2. The Bertz CT molecular complexity index is 949. The molecule has 0 aliphatic heterocycles. The number of rotatable bonds is 5. The highest BCUT2D eigenvalue weighted by Gasteiger charge is 2.10. The van der Waals surface area contributed by atoms with Gasteiger partial charge in [0.1, 0.15) is 17.6 Å². The lowest BCUT2D eigenvalue weighted by Gasteiger charge is -2.08. The molecule has 0 fully saturated rings. The van der Waals surface area contributed by atoms with Gasteiger partial charge in [0.25, 0.3) is 0 Å². The molecule has 27 heavy (non-hydrogen) atoms. The van der Waals surface area contributed by atoms with E-state index in [0.29, 0.717) is 16.9 Å². The molecule has 1 N–H and O–H groups in total. The van der Waals surface area contributed by atoms with E-state index in [1.54, 1.807) is 43.5 Å². The van der Waals surface area contributed by atoms with Gasteiger partial charge in [0.2, 0.25) is 0 Å². The van der Waals surface area contributed by atoms with Crippen LogP contribution in [0.2, 0.25) is 0 Å². The third-order valence-corrected chi connectivity index (χ3v) is 4.11. The smallest absolute Gasteiger partial charge is 0.343 e. The van der Waals surface area contributed by atoms with Crippen molar-refractivity contribution in [2.45, 2.75) is 6.10 Å². The third kappa shape index (κ3) is 4.35. The van der Waals surface area contributed by atoms with Crippen molar-refractivity contribution in [2.75, 3.05) is 7.11 Å². The highest BCUT2D eigenvalue weighted by molar-refractivity contribution is 5.91. The van der Waals surface area contributed by atoms with Crippen LogP contribution < -0.4 is 9.47 Å². The van der Waals surface area contributed by atoms with Crippen molar-refractivity contribution in [2.24, 2.45) is 0 Å². The lowest BCUT2D eigenvalue weighted by atomic mass is 10.1. The van der Waals surface area contributed by atoms with Crippen molar-refractivity contribution in [3.8, 4) is 35.0 Å². The number of methoxy groups -OCH3 is 1. The summed E-state index contributed by atoms with van der Waals surface area (Å²) < 4.78 is 10.5. The number of hydrogen-bond acceptors (Lipinski definition) is 4. The minimum absolute atomic E-state index is 0.377. The van der Waals surface area contributed by atoms with E-state index in [1.807, 2.05) is 36.4 Å². The standard InChI is InChI=1S/C23H18O4/c1-3-22(24)18-4-6-19(7-5-18)23(25)27-21-14-10-17(11-15-21)16-8-12-20(26-2)13-9-16/h1,4-15,22,24H,2H3. The van der Waals surface area contributed by atoms with Gasteiger partial charge in [0.15, 0.2) is 0 Å². The SMILES string of the molecule is C#CC(O)c1ccc(C(=O)Oc2ccc(-c3ccc(OC)cc3)cc2)cc1. The molecule has 0 amide bonds. The third-order valence-electron chi connectivity index (χ3n) is 4.11. The van der Waals surface area contributed by atoms with Gasteiger partial charge in [-0.25, -0.2) is 4.79 Å². The van der Waals surface area contributed by atoms with Gasteiger partial charge in [-0.05, 0) is 53.1 Å². The monoisotopic (exact) mass is 358 g/mol. The Balaban J connectivity index is 1.68. The minimum Gasteiger partial charge on any atom is -0.497 e. The highest BCUT2D eigenvalue weighted by Crippen LogP contribution is 2.25. The number of ether oxygens (including phenoxy) is 2. The molecule has 0 spiro atoms. The van der Waals surface area contributed by atoms with E-state index in [4.69, 9.17) is 15.9 Å². The number of carbonyl (C=O) groups is 1. The van der Waals surface area contributed by atoms with E-state index in [-0.39, 0.29) is 0 Å². The lowest BCUT2D eigenvalue weighted by Crippen LogP contribution is -2.08. The van der Waals surface area contributed by atoms with Gasteiger partial charge < -0.3 is 14.6 Å². The summed E-state index contributed by atoms with van der Waals surface area (Å²) in [6.07, 6.45) is 4.19. The normalized spacial score (nSPS) is 11.3. The Labute approximate surface area is 158 Å². The maximum Gasteiger partial charge on any atom is 0.343 e. The summed E-state index contributed by atoms with van der Waals surface area (Å²) >= 11 is 0. The first-order valence-corrected chi connectivity index (χ1v) is 8.31. The molecule has 4 nitrogen and oxygen atoms in total. The number of hydrogen-bond donors (Lipinski definition) is 1. The number of terminal acetylenes is 1. The second kappa shape index (κ2) is 8.22. The second-order valence-electron chi connectivity index (χ2n) is 5.83. The Hall–Kier alpha value is -3.55. The van der Waals surface area contributed by atoms with E-state index < -0.39 is 12.1 Å². The first-order chi connectivity index (χ1) is 13.1. The summed E-state index contributed by atoms with van der Waals surface area (Å²) in [5.41, 5.74) is 2.97. The Morgan fingerprint density at radius 1 is 0.889 bits per heavy atom. The molecule has 1 unspecified atom stereocenters. The molecule has 3 aromatic rings. The lowest BCUT2D eigenvalue weighted by molar-refractivity contribution is 0.0734. The maximum absolute atomic E-state index is 12.3. The molecule has 0 aliphatic rings. The van der Waals surface area contributed by atoms with Crippen molar-refractivity contribution in [3.05, 3.63) is 83.9 Å². The predicted molar refractivity (Wildman–Crippen MR) is 104 cm³/mol. The van der Waals surface area contributed by atoms with E-state index in [0.717, 1.165) is 16.9 Å². The van der Waals surface area contributed by atoms with Gasteiger partial charge in [0.05, 0.1) is 12.7 Å². The molecule has 0 bridgehead atoms. The van der Waals surface area contributed by atoms with Gasteiger partial charge in [-0.1, -0.05) is 42.3 Å². The van der Waals surface area contributed by atoms with Gasteiger partial charge in [-0.3, -0.25) is 0 Å². The Morgan fingerprint density at radius 2 is 1.41 bits per heavy atom. The number of carbonyl (C=O) groups excluding carboxylic acids is 1. The average molecular weight is 358 g/mol. The second-order valence-corrected chi connectivity index (χ2v) is 5.83. The predicted octanol–water partition coefficient (Wildman–Crippen LogP) is 4.25. The summed E-state index contributed by atoms with van der Waals surface area (Å²) in [4.78, 5) is 12.3. The molecule has 0 aromatic heterocycles. The van der Waals surface area contributed by atoms with Crippen molar-refractivity contribution in [1.82, 2.24) is 0 Å². The molecular weight excluding hydrogens is 340 g/mol. The van der Waals surface area contributed by atoms with Crippen LogP contribution in [0.15, 0.2) is 72.8 Å². The van der Waals surface area contributed by atoms with Crippen LogP contribution in [0, 0.1) is 12.3 Å². The van der Waals surface area contributed by atoms with Crippen LogP contribution in [0.3, 0.4) is 0 Å². The molecule has 0 radical (unpaired) electrons. The number of benzene rings is 3. The average Bonchev–Trinajstić information content (AvgIpc) is 2.74. The summed E-state index contributed by atoms with van der Waals surface area (Å²) in [6.45, 7) is 0. The van der Waals surface area contributed by atoms with Gasteiger partial charge in [-0.15, -0.1) is 6.42 Å². The van der Waals surface area contributed by atoms with E-state index in [9.17, 15) is 9.90 Å². The van der Waals surface area contributed by atoms with Crippen LogP contribution in [0.4, 0.5) is 0 Å². The summed E-state index contributed by atoms with van der Waals surface area (Å²) in [5.74, 6) is 2.99. The zero-order valence-corrected chi connectivity index (χ0v) is 14.8. The quantitative estimate of drug-likeness (QED) is 0.421. The maximum atomic E-state index is 12.3. The molecule has 3 aromatic carbocycles. The topological polar surface area (TPSA) is 55.8 Å². The van der Waals surface area contributed by atoms with Crippen LogP contribution >= 0.6 is 0 Å². The molecule has 0 aliphatic carbocycles. The van der Waals surface area contributed by atoms with Crippen LogP contribution in [-0.4, -0.2) is 18.2 Å². The van der Waals surface area contributed by atoms with Gasteiger partial charge in [-0.2, -0.15) is 0 Å². The molecular formula is C23H18O4. The van der Waals surface area contributed by atoms with Gasteiger partial charge in [0, 0.05) is 0 Å². The Kier molecular flexibility index (Phi) is 5.55. The number of aliphatic hydroxyl groups is 1. The van der Waals surface area contributed by atoms with Crippen LogP contribution in [0.25, 0.3) is 11.1 Å². The first-order valence-electron chi connectivity index (χ1n) is 8.31. The summed E-state index contributed by atoms with van der Waals surface area (Å²) in [7, 11) is 1.63. The zero-order valence-electron chi connectivity index (χ0n) is 14.8. The van der Waals surface area contributed by atoms with Crippen LogP contribution in [0.5, 0.6) is 11.5 Å². The van der Waals surface area contributed by atoms with Crippen molar-refractivity contribution < 1.29 is 19.4 Å². The molecule has 4 heteroatoms. The molecule has 0 heterocycles. The minimum atomic E-state index is -0.986. The van der Waals surface area contributed by atoms with E-state index in [1.165, 1.54) is 0 Å². The van der Waals surface area contributed by atoms with Crippen molar-refractivity contribution >= 4 is 5.97 Å². The van der Waals surface area contributed by atoms with Crippen molar-refractivity contribution in [1.29, 1.82) is 0 Å².